The van der Waals surface area contributed by atoms with Crippen molar-refractivity contribution < 1.29 is 10.0 Å². The lowest BCUT2D eigenvalue weighted by Crippen LogP contribution is -2.41. The van der Waals surface area contributed by atoms with Crippen LogP contribution in [-0.2, 0) is 6.54 Å². The third kappa shape index (κ3) is 5.22. The molecule has 3 aromatic rings. The minimum atomic E-state index is -0.434. The average molecular weight is 419 g/mol. The maximum atomic E-state index is 11.0. The Kier molecular flexibility index (Phi) is 6.49. The van der Waals surface area contributed by atoms with Crippen LogP contribution in [-0.4, -0.2) is 44.1 Å². The number of nitrogens with zero attached hydrogens (tertiary/aromatic N) is 4. The second-order valence-corrected chi connectivity index (χ2v) is 7.70. The normalized spacial score (nSPS) is 16.7. The monoisotopic (exact) mass is 419 g/mol. The van der Waals surface area contributed by atoms with Gasteiger partial charge in [-0.15, -0.1) is 0 Å². The number of non-ortho nitro benzene ring substituents is 1. The number of hydrogen-bond donors (Lipinski definition) is 2. The fourth-order valence-electron chi connectivity index (χ4n) is 3.90. The summed E-state index contributed by atoms with van der Waals surface area (Å²) >= 11 is 0. The summed E-state index contributed by atoms with van der Waals surface area (Å²) in [5.41, 5.74) is 3.50. The molecule has 1 atom stereocenters. The second-order valence-electron chi connectivity index (χ2n) is 7.70. The minimum Gasteiger partial charge on any atom is -0.395 e. The van der Waals surface area contributed by atoms with Gasteiger partial charge in [0.1, 0.15) is 0 Å². The molecule has 0 amide bonds. The molecule has 0 bridgehead atoms. The second kappa shape index (κ2) is 9.63. The van der Waals surface area contributed by atoms with Gasteiger partial charge >= 0.3 is 0 Å². The Morgan fingerprint density at radius 1 is 1.16 bits per heavy atom. The van der Waals surface area contributed by atoms with Gasteiger partial charge in [-0.05, 0) is 37.1 Å². The van der Waals surface area contributed by atoms with Gasteiger partial charge in [-0.3, -0.25) is 15.0 Å². The van der Waals surface area contributed by atoms with Gasteiger partial charge in [-0.25, -0.2) is 9.97 Å². The summed E-state index contributed by atoms with van der Waals surface area (Å²) in [7, 11) is 0. The topological polar surface area (TPSA) is 104 Å². The summed E-state index contributed by atoms with van der Waals surface area (Å²) in [6.45, 7) is 2.06. The summed E-state index contributed by atoms with van der Waals surface area (Å²) in [5, 5.41) is 23.6. The van der Waals surface area contributed by atoms with E-state index in [1.54, 1.807) is 18.3 Å². The van der Waals surface area contributed by atoms with Gasteiger partial charge in [0.2, 0.25) is 5.95 Å². The van der Waals surface area contributed by atoms with Crippen LogP contribution in [0.15, 0.2) is 60.8 Å². The van der Waals surface area contributed by atoms with Crippen LogP contribution in [0.4, 0.5) is 17.3 Å². The number of benzene rings is 2. The van der Waals surface area contributed by atoms with Crippen molar-refractivity contribution in [1.82, 2.24) is 14.9 Å². The number of likely N-dealkylation sites (tertiary alicyclic amines) is 1. The van der Waals surface area contributed by atoms with E-state index in [2.05, 4.69) is 32.3 Å². The molecule has 4 rings (SSSR count). The molecule has 8 nitrogen and oxygen atoms in total. The number of piperidine rings is 1. The molecule has 2 aromatic carbocycles. The van der Waals surface area contributed by atoms with Gasteiger partial charge in [-0.1, -0.05) is 36.8 Å². The molecule has 0 aliphatic carbocycles. The molecule has 1 unspecified atom stereocenters. The van der Waals surface area contributed by atoms with E-state index >= 15 is 0 Å². The molecule has 2 heterocycles. The van der Waals surface area contributed by atoms with Gasteiger partial charge in [-0.2, -0.15) is 0 Å². The molecule has 1 saturated heterocycles. The first kappa shape index (κ1) is 20.9. The van der Waals surface area contributed by atoms with Gasteiger partial charge in [0.15, 0.2) is 0 Å². The Labute approximate surface area is 180 Å². The fourth-order valence-corrected chi connectivity index (χ4v) is 3.90. The van der Waals surface area contributed by atoms with Crippen LogP contribution in [0, 0.1) is 10.1 Å². The zero-order chi connectivity index (χ0) is 21.6. The maximum absolute atomic E-state index is 11.0. The molecular formula is C23H25N5O3. The molecule has 1 aliphatic heterocycles. The molecule has 0 radical (unpaired) electrons. The van der Waals surface area contributed by atoms with Crippen LogP contribution in [0.2, 0.25) is 0 Å². The predicted molar refractivity (Wildman–Crippen MR) is 119 cm³/mol. The number of anilines is 2. The molecule has 160 valence electrons. The molecule has 1 aromatic heterocycles. The van der Waals surface area contributed by atoms with Crippen molar-refractivity contribution in [2.24, 2.45) is 0 Å². The SMILES string of the molecule is O=[N+]([O-])c1cccc(Nc2nccc(-c3ccc(CN4CCCCC4CO)cc3)n2)c1. The molecule has 2 N–H and O–H groups in total. The molecule has 8 heteroatoms. The van der Waals surface area contributed by atoms with Gasteiger partial charge in [0.05, 0.1) is 17.2 Å². The van der Waals surface area contributed by atoms with Crippen LogP contribution in [0.5, 0.6) is 0 Å². The van der Waals surface area contributed by atoms with Crippen molar-refractivity contribution in [3.63, 3.8) is 0 Å². The first-order valence-electron chi connectivity index (χ1n) is 10.4. The van der Waals surface area contributed by atoms with Crippen molar-refractivity contribution in [2.75, 3.05) is 18.5 Å². The van der Waals surface area contributed by atoms with Crippen molar-refractivity contribution >= 4 is 17.3 Å². The van der Waals surface area contributed by atoms with E-state index < -0.39 is 4.92 Å². The highest BCUT2D eigenvalue weighted by molar-refractivity contribution is 5.63. The van der Waals surface area contributed by atoms with Crippen molar-refractivity contribution in [3.8, 4) is 11.3 Å². The third-order valence-corrected chi connectivity index (χ3v) is 5.56. The highest BCUT2D eigenvalue weighted by atomic mass is 16.6. The van der Waals surface area contributed by atoms with E-state index in [0.29, 0.717) is 11.6 Å². The average Bonchev–Trinajstić information content (AvgIpc) is 2.80. The number of nitro benzene ring substituents is 1. The van der Waals surface area contributed by atoms with Crippen LogP contribution in [0.3, 0.4) is 0 Å². The zero-order valence-corrected chi connectivity index (χ0v) is 17.1. The first-order chi connectivity index (χ1) is 15.1. The molecule has 1 fully saturated rings. The highest BCUT2D eigenvalue weighted by Crippen LogP contribution is 2.24. The first-order valence-corrected chi connectivity index (χ1v) is 10.4. The number of nitro groups is 1. The molecular weight excluding hydrogens is 394 g/mol. The highest BCUT2D eigenvalue weighted by Gasteiger charge is 2.21. The van der Waals surface area contributed by atoms with E-state index in [-0.39, 0.29) is 18.3 Å². The lowest BCUT2D eigenvalue weighted by molar-refractivity contribution is -0.384. The number of rotatable bonds is 7. The number of aliphatic hydroxyl groups is 1. The van der Waals surface area contributed by atoms with Crippen LogP contribution < -0.4 is 5.32 Å². The minimum absolute atomic E-state index is 0.00823. The smallest absolute Gasteiger partial charge is 0.271 e. The van der Waals surface area contributed by atoms with Crippen LogP contribution >= 0.6 is 0 Å². The zero-order valence-electron chi connectivity index (χ0n) is 17.1. The van der Waals surface area contributed by atoms with Gasteiger partial charge < -0.3 is 10.4 Å². The summed E-state index contributed by atoms with van der Waals surface area (Å²) < 4.78 is 0. The Bertz CT molecular complexity index is 1040. The van der Waals surface area contributed by atoms with E-state index in [0.717, 1.165) is 30.8 Å². The van der Waals surface area contributed by atoms with Gasteiger partial charge in [0.25, 0.3) is 5.69 Å². The number of aromatic nitrogens is 2. The molecule has 0 saturated carbocycles. The molecule has 0 spiro atoms. The number of nitrogens with one attached hydrogen (secondary N) is 1. The maximum Gasteiger partial charge on any atom is 0.271 e. The lowest BCUT2D eigenvalue weighted by atomic mass is 10.0. The summed E-state index contributed by atoms with van der Waals surface area (Å²) in [5.74, 6) is 0.376. The summed E-state index contributed by atoms with van der Waals surface area (Å²) in [6, 6.07) is 16.6. The van der Waals surface area contributed by atoms with E-state index in [1.165, 1.54) is 30.5 Å². The van der Waals surface area contributed by atoms with Crippen LogP contribution in [0.1, 0.15) is 24.8 Å². The quantitative estimate of drug-likeness (QED) is 0.438. The molecule has 1 aliphatic rings. The Balaban J connectivity index is 1.46. The lowest BCUT2D eigenvalue weighted by Gasteiger charge is -2.34. The number of hydrogen-bond acceptors (Lipinski definition) is 7. The summed E-state index contributed by atoms with van der Waals surface area (Å²) in [6.07, 6.45) is 5.07. The number of aliphatic hydroxyl groups excluding tert-OH is 1. The van der Waals surface area contributed by atoms with E-state index in [4.69, 9.17) is 0 Å². The van der Waals surface area contributed by atoms with Crippen molar-refractivity contribution in [1.29, 1.82) is 0 Å². The van der Waals surface area contributed by atoms with Crippen molar-refractivity contribution in [3.05, 3.63) is 76.5 Å². The predicted octanol–water partition coefficient (Wildman–Crippen LogP) is 4.14. The largest absolute Gasteiger partial charge is 0.395 e. The van der Waals surface area contributed by atoms with Gasteiger partial charge in [0, 0.05) is 42.2 Å². The van der Waals surface area contributed by atoms with E-state index in [9.17, 15) is 15.2 Å². The molecule has 31 heavy (non-hydrogen) atoms. The Morgan fingerprint density at radius 3 is 2.77 bits per heavy atom. The Hall–Kier alpha value is -3.36. The standard InChI is InChI=1S/C23H25N5O3/c29-16-21-5-1-2-13-27(21)15-17-7-9-18(10-8-17)22-11-12-24-23(26-22)25-19-4-3-6-20(14-19)28(30)31/h3-4,6-12,14,21,29H,1-2,5,13,15-16H2,(H,24,25,26). The fraction of sp³-hybridized carbons (Fsp3) is 0.304. The van der Waals surface area contributed by atoms with E-state index in [1.807, 2.05) is 18.2 Å². The van der Waals surface area contributed by atoms with Crippen LogP contribution in [0.25, 0.3) is 11.3 Å². The van der Waals surface area contributed by atoms with Crippen molar-refractivity contribution in [2.45, 2.75) is 31.8 Å². The Morgan fingerprint density at radius 2 is 2.00 bits per heavy atom. The third-order valence-electron chi connectivity index (χ3n) is 5.56. The summed E-state index contributed by atoms with van der Waals surface area (Å²) in [4.78, 5) is 21.7.